The highest BCUT2D eigenvalue weighted by atomic mass is 19.1. The second-order valence-electron chi connectivity index (χ2n) is 4.18. The Hall–Kier alpha value is -1.09. The van der Waals surface area contributed by atoms with Crippen LogP contribution in [0.25, 0.3) is 0 Å². The van der Waals surface area contributed by atoms with Crippen LogP contribution in [0, 0.1) is 5.92 Å². The maximum atomic E-state index is 12.8. The highest BCUT2D eigenvalue weighted by Crippen LogP contribution is 2.29. The lowest BCUT2D eigenvalue weighted by Gasteiger charge is -2.16. The third-order valence-corrected chi connectivity index (χ3v) is 3.16. The summed E-state index contributed by atoms with van der Waals surface area (Å²) >= 11 is 0. The van der Waals surface area contributed by atoms with Crippen molar-refractivity contribution in [2.75, 3.05) is 26.4 Å². The normalized spacial score (nSPS) is 24.6. The van der Waals surface area contributed by atoms with Crippen LogP contribution < -0.4 is 10.1 Å². The van der Waals surface area contributed by atoms with Crippen molar-refractivity contribution in [3.05, 3.63) is 29.8 Å². The summed E-state index contributed by atoms with van der Waals surface area (Å²) in [6, 6.07) is 8.02. The van der Waals surface area contributed by atoms with Gasteiger partial charge < -0.3 is 10.1 Å². The smallest absolute Gasteiger partial charge is 0.119 e. The molecular formula is C13H18FNO. The van der Waals surface area contributed by atoms with Gasteiger partial charge in [0.25, 0.3) is 0 Å². The third kappa shape index (κ3) is 2.35. The molecule has 2 rings (SSSR count). The Kier molecular flexibility index (Phi) is 3.78. The van der Waals surface area contributed by atoms with Gasteiger partial charge in [-0.25, -0.2) is 0 Å². The summed E-state index contributed by atoms with van der Waals surface area (Å²) in [6.45, 7) is 4.06. The number of benzene rings is 1. The summed E-state index contributed by atoms with van der Waals surface area (Å²) < 4.78 is 18.2. The number of ether oxygens (including phenoxy) is 1. The van der Waals surface area contributed by atoms with Crippen molar-refractivity contribution >= 4 is 0 Å². The fourth-order valence-corrected chi connectivity index (χ4v) is 2.26. The average molecular weight is 223 g/mol. The Morgan fingerprint density at radius 2 is 2.06 bits per heavy atom. The van der Waals surface area contributed by atoms with Crippen LogP contribution in [0.4, 0.5) is 4.39 Å². The zero-order valence-corrected chi connectivity index (χ0v) is 9.58. The van der Waals surface area contributed by atoms with Gasteiger partial charge in [0.2, 0.25) is 0 Å². The minimum Gasteiger partial charge on any atom is -0.494 e. The fourth-order valence-electron chi connectivity index (χ4n) is 2.26. The number of nitrogens with one attached hydrogen (secondary N) is 1. The first kappa shape index (κ1) is 11.4. The molecule has 88 valence electrons. The van der Waals surface area contributed by atoms with Gasteiger partial charge in [-0.05, 0) is 24.6 Å². The Morgan fingerprint density at radius 3 is 2.69 bits per heavy atom. The first-order valence-electron chi connectivity index (χ1n) is 5.84. The molecule has 16 heavy (non-hydrogen) atoms. The highest BCUT2D eigenvalue weighted by molar-refractivity contribution is 5.30. The van der Waals surface area contributed by atoms with Crippen molar-refractivity contribution in [2.24, 2.45) is 5.92 Å². The molecule has 0 bridgehead atoms. The molecule has 1 heterocycles. The largest absolute Gasteiger partial charge is 0.494 e. The number of alkyl halides is 1. The minimum absolute atomic E-state index is 0.123. The number of rotatable bonds is 4. The van der Waals surface area contributed by atoms with Crippen LogP contribution in [0.1, 0.15) is 18.4 Å². The Morgan fingerprint density at radius 1 is 1.31 bits per heavy atom. The molecule has 0 spiro atoms. The molecule has 0 radical (unpaired) electrons. The van der Waals surface area contributed by atoms with Crippen molar-refractivity contribution in [1.29, 1.82) is 0 Å². The second kappa shape index (κ2) is 5.30. The molecule has 0 amide bonds. The van der Waals surface area contributed by atoms with Gasteiger partial charge in [0.05, 0.1) is 13.3 Å². The van der Waals surface area contributed by atoms with Crippen LogP contribution in [-0.2, 0) is 0 Å². The van der Waals surface area contributed by atoms with E-state index in [9.17, 15) is 4.39 Å². The van der Waals surface area contributed by atoms with E-state index in [0.29, 0.717) is 12.5 Å². The van der Waals surface area contributed by atoms with Gasteiger partial charge in [-0.2, -0.15) is 0 Å². The summed E-state index contributed by atoms with van der Waals surface area (Å²) in [5, 5.41) is 3.24. The summed E-state index contributed by atoms with van der Waals surface area (Å²) in [7, 11) is 0. The molecule has 1 fully saturated rings. The van der Waals surface area contributed by atoms with Crippen molar-refractivity contribution < 1.29 is 9.13 Å². The summed E-state index contributed by atoms with van der Waals surface area (Å²) in [5.41, 5.74) is 1.20. The van der Waals surface area contributed by atoms with Gasteiger partial charge in [0.1, 0.15) is 5.75 Å². The first-order chi connectivity index (χ1) is 7.85. The van der Waals surface area contributed by atoms with E-state index >= 15 is 0 Å². The Labute approximate surface area is 95.8 Å². The van der Waals surface area contributed by atoms with Crippen molar-refractivity contribution in [3.63, 3.8) is 0 Å². The quantitative estimate of drug-likeness (QED) is 0.846. The molecule has 0 saturated carbocycles. The predicted molar refractivity (Wildman–Crippen MR) is 62.7 cm³/mol. The lowest BCUT2D eigenvalue weighted by molar-refractivity contribution is 0.339. The molecule has 2 unspecified atom stereocenters. The Balaban J connectivity index is 2.08. The van der Waals surface area contributed by atoms with E-state index in [0.717, 1.165) is 18.8 Å². The van der Waals surface area contributed by atoms with Gasteiger partial charge in [-0.15, -0.1) is 0 Å². The second-order valence-corrected chi connectivity index (χ2v) is 4.18. The standard InChI is InChI=1S/C13H18FNO/c1-2-16-12-5-3-10(4-6-12)13-9-15-8-11(13)7-14/h3-6,11,13,15H,2,7-9H2,1H3. The molecule has 1 aromatic rings. The van der Waals surface area contributed by atoms with E-state index < -0.39 is 0 Å². The van der Waals surface area contributed by atoms with Crippen molar-refractivity contribution in [2.45, 2.75) is 12.8 Å². The topological polar surface area (TPSA) is 21.3 Å². The molecule has 2 atom stereocenters. The molecule has 0 aliphatic carbocycles. The van der Waals surface area contributed by atoms with E-state index in [1.165, 1.54) is 5.56 Å². The van der Waals surface area contributed by atoms with Crippen LogP contribution >= 0.6 is 0 Å². The Bertz CT molecular complexity index is 325. The monoisotopic (exact) mass is 223 g/mol. The third-order valence-electron chi connectivity index (χ3n) is 3.16. The van der Waals surface area contributed by atoms with Crippen molar-refractivity contribution in [1.82, 2.24) is 5.32 Å². The molecule has 1 saturated heterocycles. The number of hydrogen-bond donors (Lipinski definition) is 1. The van der Waals surface area contributed by atoms with E-state index in [1.807, 2.05) is 31.2 Å². The number of halogens is 1. The van der Waals surface area contributed by atoms with E-state index in [-0.39, 0.29) is 12.6 Å². The van der Waals surface area contributed by atoms with Crippen LogP contribution in [0.3, 0.4) is 0 Å². The lowest BCUT2D eigenvalue weighted by Crippen LogP contribution is -2.12. The lowest BCUT2D eigenvalue weighted by atomic mass is 9.90. The molecule has 1 N–H and O–H groups in total. The van der Waals surface area contributed by atoms with Crippen LogP contribution in [0.15, 0.2) is 24.3 Å². The first-order valence-corrected chi connectivity index (χ1v) is 5.84. The van der Waals surface area contributed by atoms with Gasteiger partial charge in [-0.1, -0.05) is 12.1 Å². The van der Waals surface area contributed by atoms with Gasteiger partial charge in [0.15, 0.2) is 0 Å². The highest BCUT2D eigenvalue weighted by Gasteiger charge is 2.28. The maximum absolute atomic E-state index is 12.8. The molecule has 0 aromatic heterocycles. The van der Waals surface area contributed by atoms with E-state index in [2.05, 4.69) is 5.32 Å². The van der Waals surface area contributed by atoms with Crippen LogP contribution in [0.2, 0.25) is 0 Å². The summed E-state index contributed by atoms with van der Waals surface area (Å²) in [4.78, 5) is 0. The SMILES string of the molecule is CCOc1ccc(C2CNCC2CF)cc1. The van der Waals surface area contributed by atoms with Gasteiger partial charge >= 0.3 is 0 Å². The molecule has 1 aromatic carbocycles. The maximum Gasteiger partial charge on any atom is 0.119 e. The molecule has 3 heteroatoms. The van der Waals surface area contributed by atoms with E-state index in [4.69, 9.17) is 4.74 Å². The zero-order chi connectivity index (χ0) is 11.4. The van der Waals surface area contributed by atoms with Crippen LogP contribution in [-0.4, -0.2) is 26.4 Å². The summed E-state index contributed by atoms with van der Waals surface area (Å²) in [5.74, 6) is 1.31. The molecule has 1 aliphatic heterocycles. The fraction of sp³-hybridized carbons (Fsp3) is 0.538. The zero-order valence-electron chi connectivity index (χ0n) is 9.58. The molecule has 1 aliphatic rings. The van der Waals surface area contributed by atoms with Crippen molar-refractivity contribution in [3.8, 4) is 5.75 Å². The van der Waals surface area contributed by atoms with Gasteiger partial charge in [-0.3, -0.25) is 4.39 Å². The molecule has 2 nitrogen and oxygen atoms in total. The van der Waals surface area contributed by atoms with Crippen LogP contribution in [0.5, 0.6) is 5.75 Å². The summed E-state index contributed by atoms with van der Waals surface area (Å²) in [6.07, 6.45) is 0. The van der Waals surface area contributed by atoms with Gasteiger partial charge in [0, 0.05) is 24.9 Å². The minimum atomic E-state index is -0.245. The average Bonchev–Trinajstić information content (AvgIpc) is 2.78. The van der Waals surface area contributed by atoms with E-state index in [1.54, 1.807) is 0 Å². The molecular weight excluding hydrogens is 205 g/mol. The number of hydrogen-bond acceptors (Lipinski definition) is 2. The predicted octanol–water partition coefficient (Wildman–Crippen LogP) is 2.36.